The van der Waals surface area contributed by atoms with Gasteiger partial charge in [-0.3, -0.25) is 9.59 Å². The van der Waals surface area contributed by atoms with Gasteiger partial charge in [-0.25, -0.2) is 4.79 Å². The Morgan fingerprint density at radius 1 is 1.17 bits per heavy atom. The molecule has 3 unspecified atom stereocenters. The van der Waals surface area contributed by atoms with Gasteiger partial charge < -0.3 is 26.6 Å². The van der Waals surface area contributed by atoms with Gasteiger partial charge in [-0.2, -0.15) is 11.8 Å². The Hall–Kier alpha value is -1.48. The van der Waals surface area contributed by atoms with Gasteiger partial charge >= 0.3 is 18.0 Å². The Kier molecular flexibility index (Phi) is 12.1. The van der Waals surface area contributed by atoms with Gasteiger partial charge in [0, 0.05) is 24.0 Å². The monoisotopic (exact) mass is 363 g/mol. The zero-order valence-corrected chi connectivity index (χ0v) is 15.1. The summed E-state index contributed by atoms with van der Waals surface area (Å²) in [5, 5.41) is 22.6. The van der Waals surface area contributed by atoms with Crippen molar-refractivity contribution in [2.75, 3.05) is 12.3 Å². The fraction of sp³-hybridized carbons (Fsp3) is 0.800. The van der Waals surface area contributed by atoms with Crippen LogP contribution >= 0.6 is 11.8 Å². The van der Waals surface area contributed by atoms with Crippen LogP contribution in [-0.2, 0) is 9.59 Å². The zero-order chi connectivity index (χ0) is 18.5. The molecule has 2 fully saturated rings. The van der Waals surface area contributed by atoms with Crippen molar-refractivity contribution in [1.29, 1.82) is 0 Å². The molecule has 9 heteroatoms. The molecule has 0 aliphatic carbocycles. The summed E-state index contributed by atoms with van der Waals surface area (Å²) < 4.78 is 0. The summed E-state index contributed by atoms with van der Waals surface area (Å²) in [7, 11) is 0. The largest absolute Gasteiger partial charge is 0.481 e. The van der Waals surface area contributed by atoms with Gasteiger partial charge in [0.2, 0.25) is 0 Å². The smallest absolute Gasteiger partial charge is 0.315 e. The lowest BCUT2D eigenvalue weighted by Gasteiger charge is -2.16. The topological polar surface area (TPSA) is 142 Å². The number of carboxylic acid groups (broad SMARTS) is 2. The average Bonchev–Trinajstić information content (AvgIpc) is 3.06. The van der Waals surface area contributed by atoms with Crippen molar-refractivity contribution in [3.8, 4) is 0 Å². The van der Waals surface area contributed by atoms with Gasteiger partial charge in [-0.05, 0) is 12.8 Å². The summed E-state index contributed by atoms with van der Waals surface area (Å²) in [4.78, 5) is 31.0. The third-order valence-electron chi connectivity index (χ3n) is 3.43. The first-order chi connectivity index (χ1) is 11.4. The second kappa shape index (κ2) is 12.9. The van der Waals surface area contributed by atoms with Gasteiger partial charge in [-0.15, -0.1) is 0 Å². The third kappa shape index (κ3) is 8.97. The van der Waals surface area contributed by atoms with E-state index in [4.69, 9.17) is 15.9 Å². The van der Waals surface area contributed by atoms with Crippen LogP contribution in [0.3, 0.4) is 0 Å². The van der Waals surface area contributed by atoms with Crippen molar-refractivity contribution >= 4 is 29.7 Å². The SMILES string of the molecule is CC.NCCC(=O)O.O=C(O)CCCCC1SCC2NC(=O)NC21. The fourth-order valence-electron chi connectivity index (χ4n) is 2.39. The van der Waals surface area contributed by atoms with Crippen molar-refractivity contribution in [3.63, 3.8) is 0 Å². The van der Waals surface area contributed by atoms with E-state index in [1.807, 2.05) is 25.6 Å². The van der Waals surface area contributed by atoms with E-state index in [1.54, 1.807) is 0 Å². The van der Waals surface area contributed by atoms with E-state index in [0.29, 0.717) is 5.25 Å². The van der Waals surface area contributed by atoms with Crippen molar-refractivity contribution < 1.29 is 24.6 Å². The number of aliphatic carboxylic acids is 2. The number of carbonyl (C=O) groups excluding carboxylic acids is 1. The molecule has 2 aliphatic heterocycles. The predicted molar refractivity (Wildman–Crippen MR) is 94.2 cm³/mol. The molecule has 0 bridgehead atoms. The number of nitrogens with one attached hydrogen (secondary N) is 2. The molecule has 6 N–H and O–H groups in total. The number of unbranched alkanes of at least 4 members (excludes halogenated alkanes) is 1. The number of hydrogen-bond acceptors (Lipinski definition) is 5. The second-order valence-corrected chi connectivity index (χ2v) is 6.47. The number of hydrogen-bond donors (Lipinski definition) is 5. The van der Waals surface area contributed by atoms with Crippen LogP contribution in [0.2, 0.25) is 0 Å². The third-order valence-corrected chi connectivity index (χ3v) is 4.93. The van der Waals surface area contributed by atoms with E-state index in [9.17, 15) is 14.4 Å². The molecule has 0 spiro atoms. The molecule has 2 heterocycles. The summed E-state index contributed by atoms with van der Waals surface area (Å²) in [6.45, 7) is 4.23. The van der Waals surface area contributed by atoms with Crippen LogP contribution in [0.15, 0.2) is 0 Å². The first kappa shape index (κ1) is 22.5. The van der Waals surface area contributed by atoms with Gasteiger partial charge in [0.1, 0.15) is 0 Å². The van der Waals surface area contributed by atoms with E-state index in [0.717, 1.165) is 25.0 Å². The highest BCUT2D eigenvalue weighted by Gasteiger charge is 2.42. The molecule has 0 aromatic rings. The molecular formula is C15H29N3O5S. The predicted octanol–water partition coefficient (Wildman–Crippen LogP) is 1.24. The van der Waals surface area contributed by atoms with Crippen LogP contribution in [0, 0.1) is 0 Å². The molecule has 2 aliphatic rings. The van der Waals surface area contributed by atoms with Gasteiger partial charge in [0.25, 0.3) is 0 Å². The summed E-state index contributed by atoms with van der Waals surface area (Å²) in [5.74, 6) is -0.599. The fourth-order valence-corrected chi connectivity index (χ4v) is 3.93. The summed E-state index contributed by atoms with van der Waals surface area (Å²) in [5.41, 5.74) is 4.85. The highest BCUT2D eigenvalue weighted by atomic mass is 32.2. The van der Waals surface area contributed by atoms with E-state index in [2.05, 4.69) is 10.6 Å². The average molecular weight is 363 g/mol. The molecule has 2 amide bonds. The number of rotatable bonds is 7. The van der Waals surface area contributed by atoms with Crippen LogP contribution < -0.4 is 16.4 Å². The molecule has 2 saturated heterocycles. The molecule has 24 heavy (non-hydrogen) atoms. The first-order valence-corrected chi connectivity index (χ1v) is 9.31. The highest BCUT2D eigenvalue weighted by Crippen LogP contribution is 2.33. The maximum Gasteiger partial charge on any atom is 0.315 e. The molecule has 8 nitrogen and oxygen atoms in total. The maximum absolute atomic E-state index is 11.1. The van der Waals surface area contributed by atoms with Crippen LogP contribution in [-0.4, -0.2) is 57.8 Å². The Morgan fingerprint density at radius 2 is 1.79 bits per heavy atom. The standard InChI is InChI=1S/C10H16N2O3S.C3H7NO2.C2H6/c13-8(14)4-2-1-3-7-9-6(5-16-7)11-10(15)12-9;4-2-1-3(5)6;1-2/h6-7,9H,1-5H2,(H,13,14)(H2,11,12,15);1-2,4H2,(H,5,6);1-2H3. The number of carboxylic acids is 2. The Balaban J connectivity index is 0.000000563. The zero-order valence-electron chi connectivity index (χ0n) is 14.3. The normalized spacial score (nSPS) is 23.6. The van der Waals surface area contributed by atoms with Gasteiger partial charge in [0.15, 0.2) is 0 Å². The number of fused-ring (bicyclic) bond motifs is 1. The van der Waals surface area contributed by atoms with Crippen molar-refractivity contribution in [2.45, 2.75) is 63.3 Å². The number of nitrogens with two attached hydrogens (primary N) is 1. The molecule has 140 valence electrons. The Morgan fingerprint density at radius 3 is 2.29 bits per heavy atom. The molecule has 3 atom stereocenters. The summed E-state index contributed by atoms with van der Waals surface area (Å²) >= 11 is 1.87. The second-order valence-electron chi connectivity index (χ2n) is 5.19. The minimum Gasteiger partial charge on any atom is -0.481 e. The van der Waals surface area contributed by atoms with Crippen molar-refractivity contribution in [3.05, 3.63) is 0 Å². The van der Waals surface area contributed by atoms with Gasteiger partial charge in [0.05, 0.1) is 18.5 Å². The molecule has 0 saturated carbocycles. The van der Waals surface area contributed by atoms with E-state index in [1.165, 1.54) is 0 Å². The lowest BCUT2D eigenvalue weighted by atomic mass is 10.0. The summed E-state index contributed by atoms with van der Waals surface area (Å²) in [6.07, 6.45) is 2.95. The number of thioether (sulfide) groups is 1. The van der Waals surface area contributed by atoms with Crippen molar-refractivity contribution in [2.24, 2.45) is 5.73 Å². The summed E-state index contributed by atoms with van der Waals surface area (Å²) in [6, 6.07) is 0.440. The quantitative estimate of drug-likeness (QED) is 0.338. The number of amides is 2. The van der Waals surface area contributed by atoms with E-state index >= 15 is 0 Å². The number of carbonyl (C=O) groups is 3. The Labute approximate surface area is 146 Å². The maximum atomic E-state index is 11.1. The van der Waals surface area contributed by atoms with Crippen LogP contribution in [0.5, 0.6) is 0 Å². The van der Waals surface area contributed by atoms with E-state index in [-0.39, 0.29) is 37.5 Å². The molecular weight excluding hydrogens is 334 g/mol. The lowest BCUT2D eigenvalue weighted by molar-refractivity contribution is -0.138. The number of urea groups is 1. The minimum atomic E-state index is -0.836. The van der Waals surface area contributed by atoms with E-state index < -0.39 is 11.9 Å². The van der Waals surface area contributed by atoms with Crippen LogP contribution in [0.25, 0.3) is 0 Å². The van der Waals surface area contributed by atoms with Crippen molar-refractivity contribution in [1.82, 2.24) is 10.6 Å². The molecule has 0 radical (unpaired) electrons. The highest BCUT2D eigenvalue weighted by molar-refractivity contribution is 8.00. The van der Waals surface area contributed by atoms with Crippen LogP contribution in [0.4, 0.5) is 4.79 Å². The minimum absolute atomic E-state index is 0.0640. The first-order valence-electron chi connectivity index (χ1n) is 8.26. The molecule has 0 aromatic carbocycles. The molecule has 2 rings (SSSR count). The Bertz CT molecular complexity index is 409. The van der Waals surface area contributed by atoms with Crippen LogP contribution in [0.1, 0.15) is 46.0 Å². The molecule has 0 aromatic heterocycles. The van der Waals surface area contributed by atoms with Gasteiger partial charge in [-0.1, -0.05) is 20.3 Å². The lowest BCUT2D eigenvalue weighted by Crippen LogP contribution is -2.36.